The number of carbonyl (C=O) groups is 1. The lowest BCUT2D eigenvalue weighted by atomic mass is 10.1. The van der Waals surface area contributed by atoms with E-state index in [-0.39, 0.29) is 11.3 Å². The number of rotatable bonds is 8. The molecule has 2 aromatic heterocycles. The Morgan fingerprint density at radius 2 is 1.79 bits per heavy atom. The van der Waals surface area contributed by atoms with Gasteiger partial charge in [-0.1, -0.05) is 61.2 Å². The summed E-state index contributed by atoms with van der Waals surface area (Å²) >= 11 is 1.56. The van der Waals surface area contributed by atoms with Gasteiger partial charge in [-0.2, -0.15) is 0 Å². The van der Waals surface area contributed by atoms with E-state index in [4.69, 9.17) is 0 Å². The average molecular weight is 407 g/mol. The molecule has 4 aromatic rings. The molecule has 0 amide bonds. The Morgan fingerprint density at radius 3 is 2.59 bits per heavy atom. The van der Waals surface area contributed by atoms with E-state index in [2.05, 4.69) is 10.2 Å². The lowest BCUT2D eigenvalue weighted by molar-refractivity contribution is 0.0982. The van der Waals surface area contributed by atoms with E-state index in [1.165, 1.54) is 0 Å². The van der Waals surface area contributed by atoms with Gasteiger partial charge in [0.1, 0.15) is 0 Å². The maximum Gasteiger partial charge on any atom is 0.262 e. The van der Waals surface area contributed by atoms with Crippen molar-refractivity contribution in [2.24, 2.45) is 0 Å². The van der Waals surface area contributed by atoms with E-state index in [1.807, 2.05) is 65.9 Å². The van der Waals surface area contributed by atoms with Gasteiger partial charge in [-0.3, -0.25) is 18.6 Å². The van der Waals surface area contributed by atoms with Crippen LogP contribution in [0.25, 0.3) is 16.7 Å². The minimum Gasteiger partial charge on any atom is -0.294 e. The van der Waals surface area contributed by atoms with Crippen LogP contribution in [0.5, 0.6) is 0 Å². The summed E-state index contributed by atoms with van der Waals surface area (Å²) in [6.45, 7) is 2.63. The predicted molar refractivity (Wildman–Crippen MR) is 116 cm³/mol. The summed E-state index contributed by atoms with van der Waals surface area (Å²) in [6, 6.07) is 16.9. The average Bonchev–Trinajstić information content (AvgIpc) is 3.18. The molecule has 0 saturated heterocycles. The zero-order chi connectivity index (χ0) is 20.2. The molecule has 0 aliphatic rings. The quantitative estimate of drug-likeness (QED) is 0.249. The molecular weight excluding hydrogens is 384 g/mol. The van der Waals surface area contributed by atoms with E-state index in [0.717, 1.165) is 34.8 Å². The zero-order valence-corrected chi connectivity index (χ0v) is 17.1. The van der Waals surface area contributed by atoms with E-state index >= 15 is 0 Å². The van der Waals surface area contributed by atoms with Crippen molar-refractivity contribution < 1.29 is 4.79 Å². The first-order chi connectivity index (χ1) is 14.2. The van der Waals surface area contributed by atoms with Crippen LogP contribution in [-0.2, 0) is 6.54 Å². The van der Waals surface area contributed by atoms with Crippen LogP contribution in [-0.4, -0.2) is 30.7 Å². The lowest BCUT2D eigenvalue weighted by Crippen LogP contribution is -2.23. The third kappa shape index (κ3) is 3.82. The fraction of sp³-hybridized carbons (Fsp3) is 0.273. The highest BCUT2D eigenvalue weighted by Gasteiger charge is 2.16. The van der Waals surface area contributed by atoms with E-state index in [1.54, 1.807) is 16.3 Å². The predicted octanol–water partition coefficient (Wildman–Crippen LogP) is 4.21. The Hall–Kier alpha value is -2.93. The van der Waals surface area contributed by atoms with Gasteiger partial charge in [-0.25, -0.2) is 0 Å². The van der Waals surface area contributed by atoms with Gasteiger partial charge in [0, 0.05) is 24.3 Å². The number of fused-ring (bicyclic) bond motifs is 3. The molecule has 2 heterocycles. The number of ketones is 1. The standard InChI is InChI=1S/C22H22N4O2S/c1-2-14-25-20(28)17-11-6-7-12-18(17)26-21(25)23-24-22(26)29-15-8-13-19(27)16-9-4-3-5-10-16/h3-7,9-12H,2,8,13-15H2,1H3. The second-order valence-corrected chi connectivity index (χ2v) is 7.90. The Bertz CT molecular complexity index is 1210. The van der Waals surface area contributed by atoms with Gasteiger partial charge in [-0.05, 0) is 25.0 Å². The molecule has 0 atom stereocenters. The molecule has 0 bridgehead atoms. The van der Waals surface area contributed by atoms with Crippen molar-refractivity contribution in [1.82, 2.24) is 19.2 Å². The number of thioether (sulfide) groups is 1. The number of benzene rings is 2. The van der Waals surface area contributed by atoms with Crippen molar-refractivity contribution in [2.75, 3.05) is 5.75 Å². The van der Waals surface area contributed by atoms with Crippen molar-refractivity contribution in [3.63, 3.8) is 0 Å². The van der Waals surface area contributed by atoms with Gasteiger partial charge in [-0.15, -0.1) is 10.2 Å². The minimum atomic E-state index is -0.0349. The molecule has 0 aliphatic carbocycles. The Balaban J connectivity index is 1.57. The van der Waals surface area contributed by atoms with Crippen molar-refractivity contribution in [1.29, 1.82) is 0 Å². The first-order valence-corrected chi connectivity index (χ1v) is 10.8. The summed E-state index contributed by atoms with van der Waals surface area (Å²) in [5, 5.41) is 10.0. The highest BCUT2D eigenvalue weighted by atomic mass is 32.2. The molecule has 29 heavy (non-hydrogen) atoms. The summed E-state index contributed by atoms with van der Waals surface area (Å²) in [5.74, 6) is 1.47. The third-order valence-electron chi connectivity index (χ3n) is 4.80. The largest absolute Gasteiger partial charge is 0.294 e. The molecule has 4 rings (SSSR count). The summed E-state index contributed by atoms with van der Waals surface area (Å²) in [5.41, 5.74) is 1.53. The smallest absolute Gasteiger partial charge is 0.262 e. The van der Waals surface area contributed by atoms with Crippen molar-refractivity contribution in [2.45, 2.75) is 37.9 Å². The minimum absolute atomic E-state index is 0.0349. The van der Waals surface area contributed by atoms with Crippen LogP contribution in [0.2, 0.25) is 0 Å². The Labute approximate surface area is 172 Å². The normalized spacial score (nSPS) is 11.3. The van der Waals surface area contributed by atoms with Crippen LogP contribution in [0.3, 0.4) is 0 Å². The second kappa shape index (κ2) is 8.61. The van der Waals surface area contributed by atoms with Crippen LogP contribution >= 0.6 is 11.8 Å². The van der Waals surface area contributed by atoms with E-state index < -0.39 is 0 Å². The lowest BCUT2D eigenvalue weighted by Gasteiger charge is -2.10. The molecular formula is C22H22N4O2S. The molecule has 0 N–H and O–H groups in total. The zero-order valence-electron chi connectivity index (χ0n) is 16.2. The molecule has 0 fully saturated rings. The van der Waals surface area contributed by atoms with Gasteiger partial charge in [0.15, 0.2) is 10.9 Å². The highest BCUT2D eigenvalue weighted by molar-refractivity contribution is 7.99. The highest BCUT2D eigenvalue weighted by Crippen LogP contribution is 2.23. The molecule has 6 nitrogen and oxygen atoms in total. The van der Waals surface area contributed by atoms with Crippen LogP contribution in [0, 0.1) is 0 Å². The van der Waals surface area contributed by atoms with Gasteiger partial charge < -0.3 is 0 Å². The summed E-state index contributed by atoms with van der Waals surface area (Å²) < 4.78 is 3.65. The third-order valence-corrected chi connectivity index (χ3v) is 5.82. The van der Waals surface area contributed by atoms with Crippen molar-refractivity contribution in [3.05, 3.63) is 70.5 Å². The molecule has 148 valence electrons. The van der Waals surface area contributed by atoms with Crippen LogP contribution in [0.4, 0.5) is 0 Å². The number of hydrogen-bond acceptors (Lipinski definition) is 5. The van der Waals surface area contributed by atoms with E-state index in [9.17, 15) is 9.59 Å². The molecule has 0 unspecified atom stereocenters. The monoisotopic (exact) mass is 406 g/mol. The van der Waals surface area contributed by atoms with Crippen LogP contribution in [0.1, 0.15) is 36.5 Å². The number of para-hydroxylation sites is 1. The molecule has 0 radical (unpaired) electrons. The van der Waals surface area contributed by atoms with Crippen LogP contribution in [0.15, 0.2) is 64.5 Å². The maximum absolute atomic E-state index is 12.8. The molecule has 0 saturated carbocycles. The molecule has 7 heteroatoms. The topological polar surface area (TPSA) is 69.3 Å². The number of Topliss-reactive ketones (excluding diaryl/α,β-unsaturated/α-hetero) is 1. The second-order valence-electron chi connectivity index (χ2n) is 6.83. The maximum atomic E-state index is 12.8. The van der Waals surface area contributed by atoms with E-state index in [0.29, 0.717) is 24.1 Å². The van der Waals surface area contributed by atoms with Gasteiger partial charge in [0.25, 0.3) is 5.56 Å². The summed E-state index contributed by atoms with van der Waals surface area (Å²) in [7, 11) is 0. The number of carbonyl (C=O) groups excluding carboxylic acids is 1. The Kier molecular flexibility index (Phi) is 5.76. The first kappa shape index (κ1) is 19.4. The summed E-state index contributed by atoms with van der Waals surface area (Å²) in [6.07, 6.45) is 2.08. The fourth-order valence-corrected chi connectivity index (χ4v) is 4.30. The molecule has 2 aromatic carbocycles. The first-order valence-electron chi connectivity index (χ1n) is 9.78. The van der Waals surface area contributed by atoms with Crippen LogP contribution < -0.4 is 5.56 Å². The number of aromatic nitrogens is 4. The van der Waals surface area contributed by atoms with Crippen molar-refractivity contribution >= 4 is 34.2 Å². The van der Waals surface area contributed by atoms with Gasteiger partial charge in [0.2, 0.25) is 5.78 Å². The Morgan fingerprint density at radius 1 is 1.03 bits per heavy atom. The fourth-order valence-electron chi connectivity index (χ4n) is 3.42. The molecule has 0 spiro atoms. The van der Waals surface area contributed by atoms with Gasteiger partial charge in [0.05, 0.1) is 10.9 Å². The SMILES string of the molecule is CCCn1c(=O)c2ccccc2n2c(SCCCC(=O)c3ccccc3)nnc12. The van der Waals surface area contributed by atoms with Gasteiger partial charge >= 0.3 is 0 Å². The van der Waals surface area contributed by atoms with Crippen molar-refractivity contribution in [3.8, 4) is 0 Å². The number of hydrogen-bond donors (Lipinski definition) is 0. The summed E-state index contributed by atoms with van der Waals surface area (Å²) in [4.78, 5) is 25.1. The number of nitrogens with zero attached hydrogens (tertiary/aromatic N) is 4. The molecule has 0 aliphatic heterocycles. The number of aryl methyl sites for hydroxylation is 1.